The highest BCUT2D eigenvalue weighted by atomic mass is 32.2. The number of nitrogens with one attached hydrogen (secondary N) is 2. The molecule has 0 spiro atoms. The van der Waals surface area contributed by atoms with Crippen molar-refractivity contribution in [2.45, 2.75) is 12.1 Å². The molecule has 2 aromatic carbocycles. The predicted octanol–water partition coefficient (Wildman–Crippen LogP) is 3.12. The van der Waals surface area contributed by atoms with Gasteiger partial charge in [-0.15, -0.1) is 10.2 Å². The Balaban J connectivity index is 1.56. The van der Waals surface area contributed by atoms with Crippen molar-refractivity contribution in [3.05, 3.63) is 59.9 Å². The summed E-state index contributed by atoms with van der Waals surface area (Å²) in [6.07, 6.45) is 0. The Morgan fingerprint density at radius 2 is 1.79 bits per heavy atom. The third-order valence-electron chi connectivity index (χ3n) is 4.17. The van der Waals surface area contributed by atoms with Crippen molar-refractivity contribution in [1.29, 1.82) is 0 Å². The number of nitrogens with zero attached hydrogens (tertiary/aromatic N) is 3. The van der Waals surface area contributed by atoms with Crippen molar-refractivity contribution < 1.29 is 14.3 Å². The van der Waals surface area contributed by atoms with Gasteiger partial charge in [-0.3, -0.25) is 9.59 Å². The largest absolute Gasteiger partial charge is 0.495 e. The number of carbonyl (C=O) groups excluding carboxylic acids is 2. The molecule has 0 saturated carbocycles. The van der Waals surface area contributed by atoms with Crippen LogP contribution in [-0.4, -0.2) is 39.4 Å². The Kier molecular flexibility index (Phi) is 6.50. The first-order valence-electron chi connectivity index (χ1n) is 8.81. The topological polar surface area (TPSA) is 98.1 Å². The van der Waals surface area contributed by atoms with E-state index >= 15 is 0 Å². The first kappa shape index (κ1) is 20.4. The molecule has 0 aliphatic carbocycles. The summed E-state index contributed by atoms with van der Waals surface area (Å²) in [6.45, 7) is 1.85. The fraction of sp³-hybridized carbons (Fsp3) is 0.200. The smallest absolute Gasteiger partial charge is 0.255 e. The van der Waals surface area contributed by atoms with E-state index in [1.807, 2.05) is 30.7 Å². The molecule has 3 rings (SSSR count). The molecule has 0 saturated heterocycles. The number of anilines is 2. The molecule has 2 amide bonds. The molecular formula is C20H21N5O3S. The Bertz CT molecular complexity index is 1020. The van der Waals surface area contributed by atoms with E-state index in [0.29, 0.717) is 27.8 Å². The maximum absolute atomic E-state index is 12.4. The quantitative estimate of drug-likeness (QED) is 0.580. The van der Waals surface area contributed by atoms with E-state index in [2.05, 4.69) is 20.8 Å². The lowest BCUT2D eigenvalue weighted by Crippen LogP contribution is -2.15. The minimum Gasteiger partial charge on any atom is -0.495 e. The van der Waals surface area contributed by atoms with E-state index in [1.54, 1.807) is 43.5 Å². The zero-order valence-electron chi connectivity index (χ0n) is 16.3. The van der Waals surface area contributed by atoms with Crippen LogP contribution in [0.2, 0.25) is 0 Å². The molecule has 0 fully saturated rings. The molecule has 0 radical (unpaired) electrons. The third-order valence-corrected chi connectivity index (χ3v) is 5.19. The van der Waals surface area contributed by atoms with Crippen LogP contribution < -0.4 is 15.4 Å². The average molecular weight is 411 g/mol. The first-order chi connectivity index (χ1) is 14.0. The summed E-state index contributed by atoms with van der Waals surface area (Å²) in [5.74, 6) is 1.15. The van der Waals surface area contributed by atoms with Gasteiger partial charge in [-0.25, -0.2) is 0 Å². The van der Waals surface area contributed by atoms with Crippen LogP contribution in [0, 0.1) is 6.92 Å². The summed E-state index contributed by atoms with van der Waals surface area (Å²) in [7, 11) is 3.40. The van der Waals surface area contributed by atoms with Gasteiger partial charge in [0.15, 0.2) is 5.16 Å². The molecular weight excluding hydrogens is 390 g/mol. The van der Waals surface area contributed by atoms with Crippen LogP contribution in [0.25, 0.3) is 0 Å². The van der Waals surface area contributed by atoms with Crippen LogP contribution in [0.4, 0.5) is 11.4 Å². The summed E-state index contributed by atoms with van der Waals surface area (Å²) >= 11 is 1.31. The number of ether oxygens (including phenoxy) is 1. The second-order valence-corrected chi connectivity index (χ2v) is 7.10. The molecule has 2 N–H and O–H groups in total. The number of hydrogen-bond acceptors (Lipinski definition) is 6. The normalized spacial score (nSPS) is 10.4. The molecule has 0 atom stereocenters. The molecule has 0 unspecified atom stereocenters. The zero-order valence-corrected chi connectivity index (χ0v) is 17.1. The van der Waals surface area contributed by atoms with Crippen molar-refractivity contribution >= 4 is 35.0 Å². The minimum absolute atomic E-state index is 0.165. The third kappa shape index (κ3) is 5.14. The van der Waals surface area contributed by atoms with E-state index in [0.717, 1.165) is 5.82 Å². The highest BCUT2D eigenvalue weighted by molar-refractivity contribution is 7.99. The lowest BCUT2D eigenvalue weighted by molar-refractivity contribution is -0.113. The zero-order chi connectivity index (χ0) is 20.8. The van der Waals surface area contributed by atoms with E-state index in [-0.39, 0.29) is 17.6 Å². The summed E-state index contributed by atoms with van der Waals surface area (Å²) < 4.78 is 7.06. The molecule has 0 bridgehead atoms. The molecule has 150 valence electrons. The van der Waals surface area contributed by atoms with Crippen LogP contribution in [-0.2, 0) is 11.8 Å². The average Bonchev–Trinajstić information content (AvgIpc) is 3.05. The van der Waals surface area contributed by atoms with E-state index < -0.39 is 0 Å². The molecule has 3 aromatic rings. The van der Waals surface area contributed by atoms with Crippen molar-refractivity contribution in [3.8, 4) is 5.75 Å². The van der Waals surface area contributed by atoms with Gasteiger partial charge in [0.2, 0.25) is 5.91 Å². The van der Waals surface area contributed by atoms with Crippen LogP contribution in [0.5, 0.6) is 5.75 Å². The fourth-order valence-corrected chi connectivity index (χ4v) is 3.24. The lowest BCUT2D eigenvalue weighted by atomic mass is 10.2. The van der Waals surface area contributed by atoms with Crippen molar-refractivity contribution in [2.75, 3.05) is 23.5 Å². The number of carbonyl (C=O) groups is 2. The summed E-state index contributed by atoms with van der Waals surface area (Å²) in [5.41, 5.74) is 1.67. The number of para-hydroxylation sites is 2. The molecule has 8 nitrogen and oxygen atoms in total. The Morgan fingerprint density at radius 1 is 1.07 bits per heavy atom. The number of thioether (sulfide) groups is 1. The van der Waals surface area contributed by atoms with Gasteiger partial charge in [0.25, 0.3) is 5.91 Å². The second kappa shape index (κ2) is 9.24. The number of amides is 2. The SMILES string of the molecule is COc1ccccc1NC(=O)c1ccc(NC(=O)CSc2nnc(C)n2C)cc1. The van der Waals surface area contributed by atoms with Gasteiger partial charge in [0.1, 0.15) is 11.6 Å². The highest BCUT2D eigenvalue weighted by Crippen LogP contribution is 2.24. The Morgan fingerprint density at radius 3 is 2.45 bits per heavy atom. The van der Waals surface area contributed by atoms with Crippen LogP contribution in [0.1, 0.15) is 16.2 Å². The van der Waals surface area contributed by atoms with Gasteiger partial charge in [0.05, 0.1) is 18.6 Å². The Hall–Kier alpha value is -3.33. The van der Waals surface area contributed by atoms with Crippen LogP contribution in [0.15, 0.2) is 53.7 Å². The summed E-state index contributed by atoms with van der Waals surface area (Å²) in [4.78, 5) is 24.6. The molecule has 1 aromatic heterocycles. The highest BCUT2D eigenvalue weighted by Gasteiger charge is 2.11. The number of rotatable bonds is 7. The molecule has 0 aliphatic rings. The monoisotopic (exact) mass is 411 g/mol. The van der Waals surface area contributed by atoms with Crippen molar-refractivity contribution in [3.63, 3.8) is 0 Å². The van der Waals surface area contributed by atoms with Crippen LogP contribution >= 0.6 is 11.8 Å². The van der Waals surface area contributed by atoms with Gasteiger partial charge < -0.3 is 19.9 Å². The summed E-state index contributed by atoms with van der Waals surface area (Å²) in [6, 6.07) is 13.9. The summed E-state index contributed by atoms with van der Waals surface area (Å²) in [5, 5.41) is 14.3. The predicted molar refractivity (Wildman–Crippen MR) is 112 cm³/mol. The van der Waals surface area contributed by atoms with Crippen molar-refractivity contribution in [2.24, 2.45) is 7.05 Å². The standard InChI is InChI=1S/C20H21N5O3S/c1-13-23-24-20(25(13)2)29-12-18(26)21-15-10-8-14(9-11-15)19(27)22-16-6-4-5-7-17(16)28-3/h4-11H,12H2,1-3H3,(H,21,26)(H,22,27). The van der Waals surface area contributed by atoms with Gasteiger partial charge in [0, 0.05) is 18.3 Å². The molecule has 29 heavy (non-hydrogen) atoms. The van der Waals surface area contributed by atoms with Gasteiger partial charge in [-0.1, -0.05) is 23.9 Å². The van der Waals surface area contributed by atoms with E-state index in [1.165, 1.54) is 11.8 Å². The van der Waals surface area contributed by atoms with E-state index in [9.17, 15) is 9.59 Å². The van der Waals surface area contributed by atoms with E-state index in [4.69, 9.17) is 4.74 Å². The maximum Gasteiger partial charge on any atom is 0.255 e. The van der Waals surface area contributed by atoms with Crippen LogP contribution in [0.3, 0.4) is 0 Å². The number of aromatic nitrogens is 3. The number of methoxy groups -OCH3 is 1. The number of hydrogen-bond donors (Lipinski definition) is 2. The van der Waals surface area contributed by atoms with Gasteiger partial charge in [-0.05, 0) is 43.3 Å². The maximum atomic E-state index is 12.4. The van der Waals surface area contributed by atoms with Crippen molar-refractivity contribution in [1.82, 2.24) is 14.8 Å². The molecule has 0 aliphatic heterocycles. The number of aryl methyl sites for hydroxylation is 1. The van der Waals surface area contributed by atoms with Gasteiger partial charge >= 0.3 is 0 Å². The fourth-order valence-electron chi connectivity index (χ4n) is 2.49. The Labute approximate surface area is 172 Å². The first-order valence-corrected chi connectivity index (χ1v) is 9.79. The minimum atomic E-state index is -0.263. The van der Waals surface area contributed by atoms with Gasteiger partial charge in [-0.2, -0.15) is 0 Å². The molecule has 1 heterocycles. The molecule has 9 heteroatoms. The second-order valence-electron chi connectivity index (χ2n) is 6.16. The lowest BCUT2D eigenvalue weighted by Gasteiger charge is -2.10. The number of benzene rings is 2.